The largest absolute Gasteiger partial charge is 0.508 e. The number of hydrogen-bond donors (Lipinski definition) is 2. The van der Waals surface area contributed by atoms with Crippen LogP contribution in [0.3, 0.4) is 0 Å². The standard InChI is InChI=1S/C12H14F3NO2/c1-7-5-9(17)3-4-10(7)11(18)16-8(2)6-12(13,14)15/h3-5,8,17H,6H2,1-2H3,(H,16,18). The van der Waals surface area contributed by atoms with E-state index in [-0.39, 0.29) is 11.3 Å². The van der Waals surface area contributed by atoms with Crippen molar-refractivity contribution in [3.05, 3.63) is 29.3 Å². The fourth-order valence-electron chi connectivity index (χ4n) is 1.60. The number of benzene rings is 1. The third-order valence-corrected chi connectivity index (χ3v) is 2.37. The summed E-state index contributed by atoms with van der Waals surface area (Å²) in [5.74, 6) is -0.573. The van der Waals surface area contributed by atoms with E-state index in [1.807, 2.05) is 0 Å². The molecule has 0 aliphatic heterocycles. The van der Waals surface area contributed by atoms with Gasteiger partial charge < -0.3 is 10.4 Å². The minimum absolute atomic E-state index is 0.00684. The van der Waals surface area contributed by atoms with Gasteiger partial charge in [0, 0.05) is 11.6 Å². The van der Waals surface area contributed by atoms with Gasteiger partial charge in [0.2, 0.25) is 0 Å². The molecule has 1 atom stereocenters. The van der Waals surface area contributed by atoms with Gasteiger partial charge in [-0.2, -0.15) is 13.2 Å². The van der Waals surface area contributed by atoms with Crippen molar-refractivity contribution in [3.63, 3.8) is 0 Å². The average Bonchev–Trinajstić information content (AvgIpc) is 2.13. The predicted octanol–water partition coefficient (Wildman–Crippen LogP) is 2.77. The molecule has 18 heavy (non-hydrogen) atoms. The van der Waals surface area contributed by atoms with E-state index in [0.29, 0.717) is 5.56 Å². The Morgan fingerprint density at radius 2 is 2.06 bits per heavy atom. The van der Waals surface area contributed by atoms with Gasteiger partial charge in [-0.25, -0.2) is 0 Å². The Morgan fingerprint density at radius 3 is 2.56 bits per heavy atom. The molecular weight excluding hydrogens is 247 g/mol. The third kappa shape index (κ3) is 4.27. The minimum atomic E-state index is -4.31. The zero-order valence-electron chi connectivity index (χ0n) is 10.0. The lowest BCUT2D eigenvalue weighted by Gasteiger charge is -2.16. The van der Waals surface area contributed by atoms with Gasteiger partial charge in [0.25, 0.3) is 5.91 Å². The predicted molar refractivity (Wildman–Crippen MR) is 60.4 cm³/mol. The van der Waals surface area contributed by atoms with Crippen LogP contribution in [0.15, 0.2) is 18.2 Å². The van der Waals surface area contributed by atoms with Crippen LogP contribution >= 0.6 is 0 Å². The Hall–Kier alpha value is -1.72. The molecule has 100 valence electrons. The van der Waals surface area contributed by atoms with Gasteiger partial charge in [-0.05, 0) is 37.6 Å². The average molecular weight is 261 g/mol. The lowest BCUT2D eigenvalue weighted by atomic mass is 10.1. The van der Waals surface area contributed by atoms with Crippen LogP contribution in [0.4, 0.5) is 13.2 Å². The van der Waals surface area contributed by atoms with E-state index in [2.05, 4.69) is 5.32 Å². The quantitative estimate of drug-likeness (QED) is 0.879. The minimum Gasteiger partial charge on any atom is -0.508 e. The first-order chi connectivity index (χ1) is 8.19. The van der Waals surface area contributed by atoms with Gasteiger partial charge in [-0.15, -0.1) is 0 Å². The van der Waals surface area contributed by atoms with Crippen molar-refractivity contribution in [2.24, 2.45) is 0 Å². The van der Waals surface area contributed by atoms with Gasteiger partial charge in [-0.1, -0.05) is 0 Å². The molecule has 1 aromatic rings. The summed E-state index contributed by atoms with van der Waals surface area (Å²) in [5.41, 5.74) is 0.758. The SMILES string of the molecule is Cc1cc(O)ccc1C(=O)NC(C)CC(F)(F)F. The first-order valence-electron chi connectivity index (χ1n) is 5.36. The van der Waals surface area contributed by atoms with E-state index >= 15 is 0 Å². The van der Waals surface area contributed by atoms with Gasteiger partial charge in [-0.3, -0.25) is 4.79 Å². The van der Waals surface area contributed by atoms with E-state index < -0.39 is 24.5 Å². The fraction of sp³-hybridized carbons (Fsp3) is 0.417. The zero-order valence-corrected chi connectivity index (χ0v) is 10.0. The monoisotopic (exact) mass is 261 g/mol. The van der Waals surface area contributed by atoms with Crippen molar-refractivity contribution >= 4 is 5.91 Å². The zero-order chi connectivity index (χ0) is 13.9. The number of aryl methyl sites for hydroxylation is 1. The summed E-state index contributed by atoms with van der Waals surface area (Å²) in [4.78, 5) is 11.7. The molecule has 0 saturated carbocycles. The van der Waals surface area contributed by atoms with E-state index in [1.54, 1.807) is 6.92 Å². The molecule has 1 aromatic carbocycles. The number of phenolic OH excluding ortho intramolecular Hbond substituents is 1. The second-order valence-electron chi connectivity index (χ2n) is 4.19. The number of halogens is 3. The second kappa shape index (κ2) is 5.29. The Balaban J connectivity index is 2.71. The molecule has 0 heterocycles. The second-order valence-corrected chi connectivity index (χ2v) is 4.19. The van der Waals surface area contributed by atoms with Crippen LogP contribution in [-0.2, 0) is 0 Å². The molecule has 0 aliphatic carbocycles. The van der Waals surface area contributed by atoms with Gasteiger partial charge in [0.15, 0.2) is 0 Å². The molecule has 1 unspecified atom stereocenters. The molecule has 0 spiro atoms. The summed E-state index contributed by atoms with van der Waals surface area (Å²) in [7, 11) is 0. The third-order valence-electron chi connectivity index (χ3n) is 2.37. The van der Waals surface area contributed by atoms with E-state index in [0.717, 1.165) is 0 Å². The molecule has 0 fully saturated rings. The Morgan fingerprint density at radius 1 is 1.44 bits per heavy atom. The number of carbonyl (C=O) groups is 1. The van der Waals surface area contributed by atoms with E-state index in [1.165, 1.54) is 25.1 Å². The lowest BCUT2D eigenvalue weighted by Crippen LogP contribution is -2.36. The number of carbonyl (C=O) groups excluding carboxylic acids is 1. The maximum Gasteiger partial charge on any atom is 0.391 e. The van der Waals surface area contributed by atoms with Crippen molar-refractivity contribution in [1.82, 2.24) is 5.32 Å². The van der Waals surface area contributed by atoms with Crippen molar-refractivity contribution < 1.29 is 23.1 Å². The molecule has 0 saturated heterocycles. The summed E-state index contributed by atoms with van der Waals surface area (Å²) >= 11 is 0. The van der Waals surface area contributed by atoms with E-state index in [4.69, 9.17) is 0 Å². The number of nitrogens with one attached hydrogen (secondary N) is 1. The van der Waals surface area contributed by atoms with Crippen LogP contribution in [0.5, 0.6) is 5.75 Å². The lowest BCUT2D eigenvalue weighted by molar-refractivity contribution is -0.138. The Bertz CT molecular complexity index is 443. The van der Waals surface area contributed by atoms with Crippen LogP contribution in [0.2, 0.25) is 0 Å². The summed E-state index contributed by atoms with van der Waals surface area (Å²) in [6, 6.07) is 3.07. The maximum atomic E-state index is 12.1. The number of hydrogen-bond acceptors (Lipinski definition) is 2. The number of rotatable bonds is 3. The normalized spacial score (nSPS) is 13.2. The molecule has 2 N–H and O–H groups in total. The Kier molecular flexibility index (Phi) is 4.21. The maximum absolute atomic E-state index is 12.1. The highest BCUT2D eigenvalue weighted by atomic mass is 19.4. The molecule has 0 aliphatic rings. The van der Waals surface area contributed by atoms with Crippen LogP contribution in [0.25, 0.3) is 0 Å². The van der Waals surface area contributed by atoms with Crippen molar-refractivity contribution in [2.75, 3.05) is 0 Å². The van der Waals surface area contributed by atoms with Crippen molar-refractivity contribution in [2.45, 2.75) is 32.5 Å². The van der Waals surface area contributed by atoms with Crippen LogP contribution in [0.1, 0.15) is 29.3 Å². The van der Waals surface area contributed by atoms with Crippen LogP contribution in [-0.4, -0.2) is 23.2 Å². The smallest absolute Gasteiger partial charge is 0.391 e. The number of phenols is 1. The van der Waals surface area contributed by atoms with Crippen LogP contribution in [0, 0.1) is 6.92 Å². The first kappa shape index (κ1) is 14.3. The highest BCUT2D eigenvalue weighted by Crippen LogP contribution is 2.22. The topological polar surface area (TPSA) is 49.3 Å². The molecule has 0 aromatic heterocycles. The highest BCUT2D eigenvalue weighted by Gasteiger charge is 2.30. The summed E-state index contributed by atoms with van der Waals surface area (Å²) < 4.78 is 36.3. The van der Waals surface area contributed by atoms with Crippen molar-refractivity contribution in [3.8, 4) is 5.75 Å². The number of aromatic hydroxyl groups is 1. The van der Waals surface area contributed by atoms with Crippen LogP contribution < -0.4 is 5.32 Å². The molecular formula is C12H14F3NO2. The summed E-state index contributed by atoms with van der Waals surface area (Å²) in [5, 5.41) is 11.4. The Labute approximate surface area is 103 Å². The summed E-state index contributed by atoms with van der Waals surface area (Å²) in [6.07, 6.45) is -5.38. The molecule has 0 radical (unpaired) electrons. The molecule has 0 bridgehead atoms. The number of amides is 1. The van der Waals surface area contributed by atoms with Gasteiger partial charge in [0.1, 0.15) is 5.75 Å². The molecule has 3 nitrogen and oxygen atoms in total. The fourth-order valence-corrected chi connectivity index (χ4v) is 1.60. The van der Waals surface area contributed by atoms with Gasteiger partial charge in [0.05, 0.1) is 6.42 Å². The molecule has 1 amide bonds. The molecule has 1 rings (SSSR count). The van der Waals surface area contributed by atoms with Gasteiger partial charge >= 0.3 is 6.18 Å². The van der Waals surface area contributed by atoms with Crippen molar-refractivity contribution in [1.29, 1.82) is 0 Å². The number of alkyl halides is 3. The summed E-state index contributed by atoms with van der Waals surface area (Å²) in [6.45, 7) is 2.89. The highest BCUT2D eigenvalue weighted by molar-refractivity contribution is 5.95. The molecule has 6 heteroatoms. The van der Waals surface area contributed by atoms with E-state index in [9.17, 15) is 23.1 Å². The first-order valence-corrected chi connectivity index (χ1v) is 5.36.